The topological polar surface area (TPSA) is 187 Å². The normalized spacial score (nSPS) is 29.6. The Morgan fingerprint density at radius 3 is 1.23 bits per heavy atom. The molecule has 0 saturated heterocycles. The molecule has 8 N–H and O–H groups in total. The van der Waals surface area contributed by atoms with E-state index in [0.29, 0.717) is 0 Å². The zero-order chi connectivity index (χ0) is 16.9. The predicted octanol–water partition coefficient (Wildman–Crippen LogP) is -4.97. The molecule has 1 heterocycles. The van der Waals surface area contributed by atoms with Crippen molar-refractivity contribution in [1.82, 2.24) is 0 Å². The third-order valence-corrected chi connectivity index (χ3v) is 3.38. The zero-order valence-corrected chi connectivity index (χ0v) is 11.7. The van der Waals surface area contributed by atoms with Crippen LogP contribution in [-0.2, 0) is 0 Å². The fraction of sp³-hybridized carbons (Fsp3) is 0.833. The lowest BCUT2D eigenvalue weighted by Crippen LogP contribution is -2.49. The number of aliphatic imine (C=N–C) groups is 2. The van der Waals surface area contributed by atoms with E-state index < -0.39 is 61.9 Å². The summed E-state index contributed by atoms with van der Waals surface area (Å²) in [5.74, 6) is 0. The Kier molecular flexibility index (Phi) is 7.45. The van der Waals surface area contributed by atoms with E-state index in [4.69, 9.17) is 10.2 Å². The number of rotatable bonds is 8. The molecule has 0 bridgehead atoms. The Morgan fingerprint density at radius 1 is 0.682 bits per heavy atom. The molecule has 0 aliphatic carbocycles. The van der Waals surface area contributed by atoms with Crippen molar-refractivity contribution in [3.8, 4) is 0 Å². The van der Waals surface area contributed by atoms with Crippen molar-refractivity contribution >= 4 is 12.4 Å². The van der Waals surface area contributed by atoms with Crippen molar-refractivity contribution in [2.75, 3.05) is 13.2 Å². The largest absolute Gasteiger partial charge is 0.394 e. The first-order valence-corrected chi connectivity index (χ1v) is 6.70. The summed E-state index contributed by atoms with van der Waals surface area (Å²) in [7, 11) is 0. The van der Waals surface area contributed by atoms with Crippen LogP contribution in [0.5, 0.6) is 0 Å². The van der Waals surface area contributed by atoms with Gasteiger partial charge in [-0.25, -0.2) is 0 Å². The molecule has 128 valence electrons. The maximum absolute atomic E-state index is 9.79. The van der Waals surface area contributed by atoms with E-state index in [0.717, 1.165) is 12.4 Å². The van der Waals surface area contributed by atoms with Crippen LogP contribution in [0.3, 0.4) is 0 Å². The summed E-state index contributed by atoms with van der Waals surface area (Å²) >= 11 is 0. The van der Waals surface area contributed by atoms with Gasteiger partial charge in [0.1, 0.15) is 48.7 Å². The van der Waals surface area contributed by atoms with Gasteiger partial charge in [0.2, 0.25) is 0 Å². The number of hydrogen-bond acceptors (Lipinski definition) is 10. The summed E-state index contributed by atoms with van der Waals surface area (Å²) in [4.78, 5) is 7.69. The van der Waals surface area contributed by atoms with Gasteiger partial charge < -0.3 is 40.9 Å². The van der Waals surface area contributed by atoms with Crippen LogP contribution in [0.1, 0.15) is 0 Å². The van der Waals surface area contributed by atoms with E-state index in [-0.39, 0.29) is 0 Å². The zero-order valence-electron chi connectivity index (χ0n) is 11.7. The van der Waals surface area contributed by atoms with Gasteiger partial charge in [-0.2, -0.15) is 0 Å². The molecule has 1 rings (SSSR count). The maximum Gasteiger partial charge on any atom is 0.113 e. The van der Waals surface area contributed by atoms with Gasteiger partial charge in [-0.3, -0.25) is 9.98 Å². The Bertz CT molecular complexity index is 345. The molecule has 1 aliphatic rings. The highest BCUT2D eigenvalue weighted by molar-refractivity contribution is 5.79. The first-order chi connectivity index (χ1) is 10.3. The highest BCUT2D eigenvalue weighted by atomic mass is 16.4. The standard InChI is InChI=1S/C12H22N2O8/c15-3-7(17)11(21)9(19)5-1-13-6(2-14-5)10(20)12(22)8(18)4-16/h1-2,5-12,15-22H,3-4H2. The maximum atomic E-state index is 9.79. The summed E-state index contributed by atoms with van der Waals surface area (Å²) in [5, 5.41) is 74.6. The van der Waals surface area contributed by atoms with E-state index in [2.05, 4.69) is 9.98 Å². The third-order valence-electron chi connectivity index (χ3n) is 3.38. The van der Waals surface area contributed by atoms with Crippen LogP contribution in [0.25, 0.3) is 0 Å². The van der Waals surface area contributed by atoms with Gasteiger partial charge >= 0.3 is 0 Å². The number of aliphatic hydroxyl groups is 8. The summed E-state index contributed by atoms with van der Waals surface area (Å²) in [6.45, 7) is -1.48. The van der Waals surface area contributed by atoms with Gasteiger partial charge in [0.15, 0.2) is 0 Å². The molecule has 0 amide bonds. The summed E-state index contributed by atoms with van der Waals surface area (Å²) in [6.07, 6.45) is -7.16. The summed E-state index contributed by atoms with van der Waals surface area (Å²) in [5.41, 5.74) is 0. The van der Waals surface area contributed by atoms with Crippen molar-refractivity contribution in [3.05, 3.63) is 0 Å². The Balaban J connectivity index is 2.64. The monoisotopic (exact) mass is 322 g/mol. The van der Waals surface area contributed by atoms with Gasteiger partial charge in [-0.1, -0.05) is 0 Å². The van der Waals surface area contributed by atoms with Crippen LogP contribution in [0.4, 0.5) is 0 Å². The lowest BCUT2D eigenvalue weighted by atomic mass is 9.99. The SMILES string of the molecule is OCC(O)C(O)C(O)C1C=NC(C(O)C(O)C(O)CO)C=N1. The fourth-order valence-corrected chi connectivity index (χ4v) is 1.88. The van der Waals surface area contributed by atoms with Crippen LogP contribution in [0, 0.1) is 0 Å². The number of hydrogen-bond donors (Lipinski definition) is 8. The Labute approximate surface area is 126 Å². The van der Waals surface area contributed by atoms with Gasteiger partial charge in [0.05, 0.1) is 13.2 Å². The highest BCUT2D eigenvalue weighted by Crippen LogP contribution is 2.13. The van der Waals surface area contributed by atoms with Crippen molar-refractivity contribution in [2.45, 2.75) is 48.7 Å². The quantitative estimate of drug-likeness (QED) is 0.218. The molecular formula is C12H22N2O8. The second-order valence-electron chi connectivity index (χ2n) is 5.04. The molecule has 0 aromatic heterocycles. The van der Waals surface area contributed by atoms with E-state index in [1.165, 1.54) is 0 Å². The van der Waals surface area contributed by atoms with E-state index in [1.54, 1.807) is 0 Å². The van der Waals surface area contributed by atoms with Crippen molar-refractivity contribution in [1.29, 1.82) is 0 Å². The molecule has 10 heteroatoms. The minimum absolute atomic E-state index is 0.738. The van der Waals surface area contributed by atoms with Gasteiger partial charge in [-0.05, 0) is 0 Å². The Hall–Kier alpha value is -0.980. The highest BCUT2D eigenvalue weighted by Gasteiger charge is 2.34. The second-order valence-corrected chi connectivity index (χ2v) is 5.04. The van der Waals surface area contributed by atoms with Gasteiger partial charge in [-0.15, -0.1) is 0 Å². The summed E-state index contributed by atoms with van der Waals surface area (Å²) in [6, 6.07) is -2.00. The molecule has 1 aliphatic heterocycles. The minimum atomic E-state index is -1.64. The molecular weight excluding hydrogens is 300 g/mol. The van der Waals surface area contributed by atoms with Gasteiger partial charge in [0.25, 0.3) is 0 Å². The molecule has 8 unspecified atom stereocenters. The van der Waals surface area contributed by atoms with E-state index >= 15 is 0 Å². The molecule has 8 atom stereocenters. The first kappa shape index (κ1) is 19.1. The first-order valence-electron chi connectivity index (χ1n) is 6.70. The van der Waals surface area contributed by atoms with Gasteiger partial charge in [0, 0.05) is 12.4 Å². The Morgan fingerprint density at radius 2 is 1.00 bits per heavy atom. The van der Waals surface area contributed by atoms with Crippen molar-refractivity contribution in [2.24, 2.45) is 9.98 Å². The average Bonchev–Trinajstić information content (AvgIpc) is 2.57. The van der Waals surface area contributed by atoms with Crippen LogP contribution >= 0.6 is 0 Å². The average molecular weight is 322 g/mol. The van der Waals surface area contributed by atoms with E-state index in [1.807, 2.05) is 0 Å². The molecule has 10 nitrogen and oxygen atoms in total. The molecule has 22 heavy (non-hydrogen) atoms. The smallest absolute Gasteiger partial charge is 0.113 e. The molecule has 0 aromatic rings. The molecule has 0 saturated carbocycles. The number of nitrogens with zero attached hydrogens (tertiary/aromatic N) is 2. The second kappa shape index (κ2) is 8.60. The third kappa shape index (κ3) is 4.51. The fourth-order valence-electron chi connectivity index (χ4n) is 1.88. The van der Waals surface area contributed by atoms with E-state index in [9.17, 15) is 30.6 Å². The number of aliphatic hydroxyl groups excluding tert-OH is 8. The molecule has 0 aromatic carbocycles. The van der Waals surface area contributed by atoms with Crippen molar-refractivity contribution < 1.29 is 40.9 Å². The van der Waals surface area contributed by atoms with Crippen LogP contribution < -0.4 is 0 Å². The van der Waals surface area contributed by atoms with Crippen LogP contribution in [-0.4, -0.2) is 115 Å². The van der Waals surface area contributed by atoms with Crippen LogP contribution in [0.15, 0.2) is 9.98 Å². The lowest BCUT2D eigenvalue weighted by Gasteiger charge is -2.29. The summed E-state index contributed by atoms with van der Waals surface area (Å²) < 4.78 is 0. The predicted molar refractivity (Wildman–Crippen MR) is 74.8 cm³/mol. The lowest BCUT2D eigenvalue weighted by molar-refractivity contribution is -0.0795. The minimum Gasteiger partial charge on any atom is -0.394 e. The molecule has 0 radical (unpaired) electrons. The molecule has 0 spiro atoms. The van der Waals surface area contributed by atoms with Crippen LogP contribution in [0.2, 0.25) is 0 Å². The van der Waals surface area contributed by atoms with Crippen molar-refractivity contribution in [3.63, 3.8) is 0 Å². The molecule has 0 fully saturated rings.